The molecule has 0 spiro atoms. The Hall–Kier alpha value is -2.11. The number of methoxy groups -OCH3 is 1. The molecule has 0 aromatic heterocycles. The van der Waals surface area contributed by atoms with E-state index in [0.717, 1.165) is 42.6 Å². The minimum atomic E-state index is -0.515. The summed E-state index contributed by atoms with van der Waals surface area (Å²) >= 11 is 0. The second kappa shape index (κ2) is 9.01. The molecule has 0 bridgehead atoms. The molecule has 140 valence electrons. The van der Waals surface area contributed by atoms with Crippen molar-refractivity contribution in [2.45, 2.75) is 37.8 Å². The highest BCUT2D eigenvalue weighted by Gasteiger charge is 2.22. The van der Waals surface area contributed by atoms with Crippen LogP contribution in [0.25, 0.3) is 11.1 Å². The van der Waals surface area contributed by atoms with Gasteiger partial charge in [-0.15, -0.1) is 12.4 Å². The number of nitrogens with one attached hydrogen (secondary N) is 1. The van der Waals surface area contributed by atoms with Crippen LogP contribution in [0.4, 0.5) is 4.39 Å². The maximum Gasteiger partial charge on any atom is 0.254 e. The van der Waals surface area contributed by atoms with Gasteiger partial charge in [0.15, 0.2) is 0 Å². The van der Waals surface area contributed by atoms with Crippen molar-refractivity contribution in [3.05, 3.63) is 53.8 Å². The van der Waals surface area contributed by atoms with Gasteiger partial charge in [-0.05, 0) is 61.1 Å². The van der Waals surface area contributed by atoms with E-state index in [0.29, 0.717) is 0 Å². The van der Waals surface area contributed by atoms with Gasteiger partial charge in [0, 0.05) is 12.1 Å². The van der Waals surface area contributed by atoms with E-state index < -0.39 is 5.82 Å². The number of carbonyl (C=O) groups excluding carboxylic acids is 1. The van der Waals surface area contributed by atoms with Gasteiger partial charge in [0.2, 0.25) is 0 Å². The van der Waals surface area contributed by atoms with Gasteiger partial charge >= 0.3 is 0 Å². The number of halogens is 2. The first kappa shape index (κ1) is 20.2. The summed E-state index contributed by atoms with van der Waals surface area (Å²) in [4.78, 5) is 12.3. The molecule has 1 amide bonds. The molecular weight excluding hydrogens is 355 g/mol. The van der Waals surface area contributed by atoms with Gasteiger partial charge in [0.05, 0.1) is 12.7 Å². The third kappa shape index (κ3) is 4.74. The average Bonchev–Trinajstić information content (AvgIpc) is 2.63. The monoisotopic (exact) mass is 378 g/mol. The van der Waals surface area contributed by atoms with Crippen molar-refractivity contribution < 1.29 is 13.9 Å². The summed E-state index contributed by atoms with van der Waals surface area (Å²) in [5.74, 6) is -0.134. The first-order valence-corrected chi connectivity index (χ1v) is 8.57. The van der Waals surface area contributed by atoms with E-state index in [1.165, 1.54) is 6.07 Å². The first-order valence-electron chi connectivity index (χ1n) is 8.57. The summed E-state index contributed by atoms with van der Waals surface area (Å²) in [5.41, 5.74) is 7.54. The Bertz CT molecular complexity index is 744. The molecule has 0 unspecified atom stereocenters. The molecule has 3 rings (SSSR count). The lowest BCUT2D eigenvalue weighted by molar-refractivity contribution is 0.0922. The average molecular weight is 379 g/mol. The fourth-order valence-electron chi connectivity index (χ4n) is 3.19. The Morgan fingerprint density at radius 2 is 1.69 bits per heavy atom. The third-order valence-electron chi connectivity index (χ3n) is 4.74. The van der Waals surface area contributed by atoms with Gasteiger partial charge < -0.3 is 15.8 Å². The number of nitrogens with two attached hydrogens (primary N) is 1. The molecule has 1 fully saturated rings. The van der Waals surface area contributed by atoms with Crippen LogP contribution < -0.4 is 15.8 Å². The first-order chi connectivity index (χ1) is 12.1. The number of ether oxygens (including phenoxy) is 1. The van der Waals surface area contributed by atoms with E-state index in [-0.39, 0.29) is 36.0 Å². The van der Waals surface area contributed by atoms with Crippen LogP contribution in [0.5, 0.6) is 5.75 Å². The Balaban J connectivity index is 0.00000243. The number of carbonyl (C=O) groups is 1. The van der Waals surface area contributed by atoms with E-state index in [1.54, 1.807) is 19.2 Å². The molecule has 3 N–H and O–H groups in total. The quantitative estimate of drug-likeness (QED) is 0.847. The molecule has 1 aliphatic rings. The molecule has 4 nitrogen and oxygen atoms in total. The van der Waals surface area contributed by atoms with Crippen molar-refractivity contribution in [3.8, 4) is 16.9 Å². The summed E-state index contributed by atoms with van der Waals surface area (Å²) in [6.07, 6.45) is 3.48. The van der Waals surface area contributed by atoms with Crippen LogP contribution in [-0.2, 0) is 0 Å². The molecule has 1 aliphatic carbocycles. The molecule has 0 atom stereocenters. The molecule has 1 saturated carbocycles. The molecule has 2 aromatic carbocycles. The second-order valence-electron chi connectivity index (χ2n) is 6.51. The van der Waals surface area contributed by atoms with Crippen LogP contribution in [0.2, 0.25) is 0 Å². The van der Waals surface area contributed by atoms with E-state index in [1.807, 2.05) is 24.3 Å². The Morgan fingerprint density at radius 3 is 2.27 bits per heavy atom. The van der Waals surface area contributed by atoms with Crippen LogP contribution in [0.1, 0.15) is 36.0 Å². The van der Waals surface area contributed by atoms with Crippen molar-refractivity contribution in [1.82, 2.24) is 5.32 Å². The largest absolute Gasteiger partial charge is 0.497 e. The van der Waals surface area contributed by atoms with Crippen molar-refractivity contribution in [2.75, 3.05) is 7.11 Å². The topological polar surface area (TPSA) is 64.3 Å². The maximum absolute atomic E-state index is 14.4. The molecule has 0 saturated heterocycles. The predicted octanol–water partition coefficient (Wildman–Crippen LogP) is 3.92. The van der Waals surface area contributed by atoms with Crippen molar-refractivity contribution in [3.63, 3.8) is 0 Å². The normalized spacial score (nSPS) is 19.3. The lowest BCUT2D eigenvalue weighted by Crippen LogP contribution is -2.40. The highest BCUT2D eigenvalue weighted by molar-refractivity contribution is 5.95. The number of rotatable bonds is 4. The van der Waals surface area contributed by atoms with E-state index >= 15 is 0 Å². The van der Waals surface area contributed by atoms with Gasteiger partial charge in [0.25, 0.3) is 5.91 Å². The zero-order valence-corrected chi connectivity index (χ0v) is 15.5. The molecule has 2 aromatic rings. The van der Waals surface area contributed by atoms with Crippen LogP contribution in [0, 0.1) is 5.82 Å². The molecule has 6 heteroatoms. The lowest BCUT2D eigenvalue weighted by atomic mass is 9.91. The number of hydrogen-bond acceptors (Lipinski definition) is 3. The predicted molar refractivity (Wildman–Crippen MR) is 103 cm³/mol. The Kier molecular flexibility index (Phi) is 7.00. The van der Waals surface area contributed by atoms with Crippen LogP contribution in [-0.4, -0.2) is 25.1 Å². The molecule has 0 heterocycles. The summed E-state index contributed by atoms with van der Waals surface area (Å²) < 4.78 is 19.6. The summed E-state index contributed by atoms with van der Waals surface area (Å²) in [6.45, 7) is 0. The summed E-state index contributed by atoms with van der Waals surface area (Å²) in [7, 11) is 1.60. The van der Waals surface area contributed by atoms with Crippen LogP contribution in [0.15, 0.2) is 42.5 Å². The van der Waals surface area contributed by atoms with Crippen molar-refractivity contribution >= 4 is 18.3 Å². The molecule has 0 aliphatic heterocycles. The lowest BCUT2D eigenvalue weighted by Gasteiger charge is -2.26. The van der Waals surface area contributed by atoms with Gasteiger partial charge in [-0.3, -0.25) is 4.79 Å². The SMILES string of the molecule is COc1ccc(-c2ccc(C(=O)NC3CCC(N)CC3)c(F)c2)cc1.Cl. The molecule has 0 radical (unpaired) electrons. The smallest absolute Gasteiger partial charge is 0.254 e. The van der Waals surface area contributed by atoms with Crippen LogP contribution >= 0.6 is 12.4 Å². The zero-order valence-electron chi connectivity index (χ0n) is 14.7. The summed E-state index contributed by atoms with van der Waals surface area (Å²) in [5, 5.41) is 2.92. The van der Waals surface area contributed by atoms with Crippen molar-refractivity contribution in [1.29, 1.82) is 0 Å². The van der Waals surface area contributed by atoms with E-state index in [2.05, 4.69) is 5.32 Å². The number of hydrogen-bond donors (Lipinski definition) is 2. The van der Waals surface area contributed by atoms with Gasteiger partial charge in [-0.2, -0.15) is 0 Å². The van der Waals surface area contributed by atoms with E-state index in [9.17, 15) is 9.18 Å². The number of benzene rings is 2. The zero-order chi connectivity index (χ0) is 17.8. The van der Waals surface area contributed by atoms with Gasteiger partial charge in [-0.1, -0.05) is 18.2 Å². The summed E-state index contributed by atoms with van der Waals surface area (Å²) in [6, 6.07) is 12.4. The highest BCUT2D eigenvalue weighted by Crippen LogP contribution is 2.25. The molecule has 26 heavy (non-hydrogen) atoms. The highest BCUT2D eigenvalue weighted by atomic mass is 35.5. The standard InChI is InChI=1S/C20H23FN2O2.ClH/c1-25-17-9-2-13(3-10-17)14-4-11-18(19(21)12-14)20(24)23-16-7-5-15(22)6-8-16;/h2-4,9-12,15-16H,5-8,22H2,1H3,(H,23,24);1H. The fourth-order valence-corrected chi connectivity index (χ4v) is 3.19. The Morgan fingerprint density at radius 1 is 1.08 bits per heavy atom. The third-order valence-corrected chi connectivity index (χ3v) is 4.74. The van der Waals surface area contributed by atoms with E-state index in [4.69, 9.17) is 10.5 Å². The maximum atomic E-state index is 14.4. The van der Waals surface area contributed by atoms with Crippen molar-refractivity contribution in [2.24, 2.45) is 5.73 Å². The van der Waals surface area contributed by atoms with Gasteiger partial charge in [0.1, 0.15) is 11.6 Å². The molecular formula is C20H24ClFN2O2. The Labute approximate surface area is 159 Å². The fraction of sp³-hybridized carbons (Fsp3) is 0.350. The number of amides is 1. The minimum absolute atomic E-state index is 0. The second-order valence-corrected chi connectivity index (χ2v) is 6.51. The van der Waals surface area contributed by atoms with Crippen LogP contribution in [0.3, 0.4) is 0 Å². The minimum Gasteiger partial charge on any atom is -0.497 e. The van der Waals surface area contributed by atoms with Gasteiger partial charge in [-0.25, -0.2) is 4.39 Å².